The minimum atomic E-state index is -0.357. The molecule has 1 aromatic heterocycles. The standard InChI is InChI=1S/C14H14BrN3O2S/c1-2-16-12-5-3-10(7-13(12)18(19)20)9-21-14-6-4-11(15)8-17-14/h3-8,16H,2,9H2,1H3. The van der Waals surface area contributed by atoms with Crippen molar-refractivity contribution >= 4 is 39.1 Å². The second-order valence-electron chi connectivity index (χ2n) is 4.24. The van der Waals surface area contributed by atoms with Crippen LogP contribution >= 0.6 is 27.7 Å². The van der Waals surface area contributed by atoms with Crippen molar-refractivity contribution in [3.8, 4) is 0 Å². The van der Waals surface area contributed by atoms with E-state index in [2.05, 4.69) is 26.2 Å². The van der Waals surface area contributed by atoms with E-state index < -0.39 is 0 Å². The number of nitrogens with one attached hydrogen (secondary N) is 1. The Kier molecular flexibility index (Phi) is 5.58. The third-order valence-corrected chi connectivity index (χ3v) is 4.20. The Morgan fingerprint density at radius 1 is 1.38 bits per heavy atom. The molecular weight excluding hydrogens is 354 g/mol. The molecule has 0 bridgehead atoms. The number of anilines is 1. The molecule has 0 aliphatic carbocycles. The van der Waals surface area contributed by atoms with Gasteiger partial charge in [-0.1, -0.05) is 6.07 Å². The minimum Gasteiger partial charge on any atom is -0.380 e. The van der Waals surface area contributed by atoms with E-state index >= 15 is 0 Å². The molecule has 110 valence electrons. The number of halogens is 1. The Hall–Kier alpha value is -1.60. The zero-order valence-electron chi connectivity index (χ0n) is 11.4. The molecule has 0 saturated heterocycles. The molecule has 0 fully saturated rings. The fraction of sp³-hybridized carbons (Fsp3) is 0.214. The van der Waals surface area contributed by atoms with Crippen LogP contribution in [-0.4, -0.2) is 16.5 Å². The first-order chi connectivity index (χ1) is 10.1. The molecule has 0 unspecified atom stereocenters. The van der Waals surface area contributed by atoms with Gasteiger partial charge in [0.1, 0.15) is 5.69 Å². The third-order valence-electron chi connectivity index (χ3n) is 2.71. The maximum atomic E-state index is 11.1. The van der Waals surface area contributed by atoms with Crippen LogP contribution < -0.4 is 5.32 Å². The lowest BCUT2D eigenvalue weighted by molar-refractivity contribution is -0.384. The zero-order chi connectivity index (χ0) is 15.2. The largest absolute Gasteiger partial charge is 0.380 e. The van der Waals surface area contributed by atoms with Crippen molar-refractivity contribution in [2.75, 3.05) is 11.9 Å². The van der Waals surface area contributed by atoms with Crippen molar-refractivity contribution in [1.82, 2.24) is 4.98 Å². The first-order valence-corrected chi connectivity index (χ1v) is 8.13. The summed E-state index contributed by atoms with van der Waals surface area (Å²) in [5.74, 6) is 0.641. The number of hydrogen-bond donors (Lipinski definition) is 1. The van der Waals surface area contributed by atoms with Gasteiger partial charge in [-0.3, -0.25) is 10.1 Å². The van der Waals surface area contributed by atoms with Crippen molar-refractivity contribution in [3.63, 3.8) is 0 Å². The highest BCUT2D eigenvalue weighted by molar-refractivity contribution is 9.10. The molecule has 5 nitrogen and oxygen atoms in total. The molecular formula is C14H14BrN3O2S. The van der Waals surface area contributed by atoms with E-state index in [4.69, 9.17) is 0 Å². The van der Waals surface area contributed by atoms with Gasteiger partial charge in [0.25, 0.3) is 5.69 Å². The molecule has 2 aromatic rings. The van der Waals surface area contributed by atoms with Gasteiger partial charge in [-0.05, 0) is 46.6 Å². The van der Waals surface area contributed by atoms with Crippen LogP contribution in [0.3, 0.4) is 0 Å². The topological polar surface area (TPSA) is 68.1 Å². The van der Waals surface area contributed by atoms with Gasteiger partial charge >= 0.3 is 0 Å². The predicted octanol–water partition coefficient (Wildman–Crippen LogP) is 4.48. The summed E-state index contributed by atoms with van der Waals surface area (Å²) in [6.45, 7) is 2.56. The average molecular weight is 368 g/mol. The molecule has 0 radical (unpaired) electrons. The van der Waals surface area contributed by atoms with E-state index in [1.165, 1.54) is 0 Å². The van der Waals surface area contributed by atoms with E-state index in [1.807, 2.05) is 25.1 Å². The first kappa shape index (κ1) is 15.8. The Balaban J connectivity index is 2.11. The SMILES string of the molecule is CCNc1ccc(CSc2ccc(Br)cn2)cc1[N+](=O)[O-]. The summed E-state index contributed by atoms with van der Waals surface area (Å²) in [4.78, 5) is 15.0. The number of rotatable bonds is 6. The van der Waals surface area contributed by atoms with Gasteiger partial charge in [0.15, 0.2) is 0 Å². The van der Waals surface area contributed by atoms with Crippen molar-refractivity contribution < 1.29 is 4.92 Å². The second kappa shape index (κ2) is 7.42. The highest BCUT2D eigenvalue weighted by atomic mass is 79.9. The predicted molar refractivity (Wildman–Crippen MR) is 88.8 cm³/mol. The smallest absolute Gasteiger partial charge is 0.292 e. The lowest BCUT2D eigenvalue weighted by atomic mass is 10.2. The van der Waals surface area contributed by atoms with Crippen LogP contribution in [0.5, 0.6) is 0 Å². The quantitative estimate of drug-likeness (QED) is 0.463. The van der Waals surface area contributed by atoms with Crippen molar-refractivity contribution in [2.45, 2.75) is 17.7 Å². The summed E-state index contributed by atoms with van der Waals surface area (Å²) in [6.07, 6.45) is 1.74. The summed E-state index contributed by atoms with van der Waals surface area (Å²) in [5.41, 5.74) is 1.56. The molecule has 0 amide bonds. The molecule has 1 N–H and O–H groups in total. The molecule has 2 rings (SSSR count). The van der Waals surface area contributed by atoms with E-state index in [1.54, 1.807) is 30.1 Å². The van der Waals surface area contributed by atoms with Gasteiger partial charge in [0.2, 0.25) is 0 Å². The number of nitro benzene ring substituents is 1. The van der Waals surface area contributed by atoms with E-state index in [9.17, 15) is 10.1 Å². The number of nitrogens with zero attached hydrogens (tertiary/aromatic N) is 2. The van der Waals surface area contributed by atoms with Crippen LogP contribution in [0.2, 0.25) is 0 Å². The molecule has 0 saturated carbocycles. The molecule has 7 heteroatoms. The van der Waals surface area contributed by atoms with Crippen molar-refractivity contribution in [3.05, 3.63) is 56.7 Å². The molecule has 1 heterocycles. The van der Waals surface area contributed by atoms with Gasteiger partial charge in [0.05, 0.1) is 9.95 Å². The molecule has 0 aliphatic heterocycles. The summed E-state index contributed by atoms with van der Waals surface area (Å²) in [7, 11) is 0. The lowest BCUT2D eigenvalue weighted by Gasteiger charge is -2.07. The van der Waals surface area contributed by atoms with Crippen LogP contribution in [0, 0.1) is 10.1 Å². The zero-order valence-corrected chi connectivity index (χ0v) is 13.8. The monoisotopic (exact) mass is 367 g/mol. The van der Waals surface area contributed by atoms with Crippen molar-refractivity contribution in [1.29, 1.82) is 0 Å². The van der Waals surface area contributed by atoms with Gasteiger partial charge in [0, 0.05) is 29.0 Å². The van der Waals surface area contributed by atoms with E-state index in [-0.39, 0.29) is 10.6 Å². The Morgan fingerprint density at radius 2 is 2.19 bits per heavy atom. The first-order valence-electron chi connectivity index (χ1n) is 6.35. The molecule has 0 atom stereocenters. The molecule has 0 aliphatic rings. The van der Waals surface area contributed by atoms with Gasteiger partial charge in [-0.15, -0.1) is 11.8 Å². The van der Waals surface area contributed by atoms with Crippen LogP contribution in [0.25, 0.3) is 0 Å². The number of hydrogen-bond acceptors (Lipinski definition) is 5. The van der Waals surface area contributed by atoms with Gasteiger partial charge in [-0.25, -0.2) is 4.98 Å². The highest BCUT2D eigenvalue weighted by Crippen LogP contribution is 2.29. The van der Waals surface area contributed by atoms with E-state index in [0.717, 1.165) is 15.1 Å². The second-order valence-corrected chi connectivity index (χ2v) is 6.15. The Bertz CT molecular complexity index is 635. The third kappa shape index (κ3) is 4.44. The number of nitro groups is 1. The van der Waals surface area contributed by atoms with Gasteiger partial charge < -0.3 is 5.32 Å². The normalized spacial score (nSPS) is 10.4. The van der Waals surface area contributed by atoms with Gasteiger partial charge in [-0.2, -0.15) is 0 Å². The summed E-state index contributed by atoms with van der Waals surface area (Å²) in [5, 5.41) is 15.0. The Morgan fingerprint density at radius 3 is 2.81 bits per heavy atom. The Labute approximate surface area is 135 Å². The number of aromatic nitrogens is 1. The van der Waals surface area contributed by atoms with Crippen LogP contribution in [0.1, 0.15) is 12.5 Å². The minimum absolute atomic E-state index is 0.110. The number of thioether (sulfide) groups is 1. The summed E-state index contributed by atoms with van der Waals surface area (Å²) >= 11 is 4.88. The fourth-order valence-corrected chi connectivity index (χ4v) is 2.78. The molecule has 0 spiro atoms. The highest BCUT2D eigenvalue weighted by Gasteiger charge is 2.14. The van der Waals surface area contributed by atoms with Crippen LogP contribution in [0.15, 0.2) is 46.0 Å². The maximum Gasteiger partial charge on any atom is 0.292 e. The van der Waals surface area contributed by atoms with Crippen LogP contribution in [0.4, 0.5) is 11.4 Å². The average Bonchev–Trinajstić information content (AvgIpc) is 2.48. The van der Waals surface area contributed by atoms with E-state index in [0.29, 0.717) is 18.0 Å². The molecule has 1 aromatic carbocycles. The summed E-state index contributed by atoms with van der Waals surface area (Å²) < 4.78 is 0.928. The fourth-order valence-electron chi connectivity index (χ4n) is 1.76. The number of benzene rings is 1. The summed E-state index contributed by atoms with van der Waals surface area (Å²) in [6, 6.07) is 9.11. The van der Waals surface area contributed by atoms with Crippen molar-refractivity contribution in [2.24, 2.45) is 0 Å². The number of pyridine rings is 1. The maximum absolute atomic E-state index is 11.1. The van der Waals surface area contributed by atoms with Crippen LogP contribution in [-0.2, 0) is 5.75 Å². The molecule has 21 heavy (non-hydrogen) atoms. The lowest BCUT2D eigenvalue weighted by Crippen LogP contribution is -2.01.